The molecule has 0 saturated heterocycles. The van der Waals surface area contributed by atoms with Crippen LogP contribution in [0.1, 0.15) is 11.1 Å². The second-order valence-electron chi connectivity index (χ2n) is 5.95. The van der Waals surface area contributed by atoms with E-state index in [4.69, 9.17) is 0 Å². The minimum Gasteiger partial charge on any atom is -0.324 e. The zero-order valence-electron chi connectivity index (χ0n) is 14.4. The van der Waals surface area contributed by atoms with E-state index < -0.39 is 26.4 Å². The van der Waals surface area contributed by atoms with Gasteiger partial charge in [-0.05, 0) is 37.2 Å². The number of aryl methyl sites for hydroxylation is 1. The highest BCUT2D eigenvalue weighted by Gasteiger charge is 2.29. The number of halogens is 2. The van der Waals surface area contributed by atoms with Crippen molar-refractivity contribution in [2.45, 2.75) is 24.1 Å². The number of nitrogens with zero attached hydrogens (tertiary/aromatic N) is 1. The third-order valence-electron chi connectivity index (χ3n) is 3.82. The van der Waals surface area contributed by atoms with Crippen LogP contribution in [0.25, 0.3) is 0 Å². The molecular weight excluding hydrogens is 362 g/mol. The molecule has 0 fully saturated rings. The van der Waals surface area contributed by atoms with Crippen molar-refractivity contribution in [1.82, 2.24) is 4.90 Å². The fourth-order valence-electron chi connectivity index (χ4n) is 2.48. The Morgan fingerprint density at radius 1 is 1.12 bits per heavy atom. The van der Waals surface area contributed by atoms with Crippen LogP contribution in [-0.4, -0.2) is 38.6 Å². The lowest BCUT2D eigenvalue weighted by Crippen LogP contribution is -2.30. The Kier molecular flexibility index (Phi) is 6.44. The highest BCUT2D eigenvalue weighted by molar-refractivity contribution is 7.91. The Hall–Kier alpha value is -2.32. The molecule has 26 heavy (non-hydrogen) atoms. The summed E-state index contributed by atoms with van der Waals surface area (Å²) in [6.45, 7) is 2.48. The van der Waals surface area contributed by atoms with Gasteiger partial charge in [0.2, 0.25) is 15.7 Å². The first-order chi connectivity index (χ1) is 12.2. The molecule has 2 aromatic carbocycles. The minimum atomic E-state index is -4.80. The molecule has 0 atom stereocenters. The van der Waals surface area contributed by atoms with Gasteiger partial charge in [-0.25, -0.2) is 8.42 Å². The molecule has 1 amide bonds. The van der Waals surface area contributed by atoms with Crippen molar-refractivity contribution in [1.29, 1.82) is 0 Å². The molecule has 0 aliphatic carbocycles. The zero-order valence-corrected chi connectivity index (χ0v) is 15.3. The van der Waals surface area contributed by atoms with E-state index in [9.17, 15) is 22.0 Å². The van der Waals surface area contributed by atoms with E-state index >= 15 is 0 Å². The molecule has 0 aromatic heterocycles. The van der Waals surface area contributed by atoms with Gasteiger partial charge < -0.3 is 5.32 Å². The van der Waals surface area contributed by atoms with E-state index in [2.05, 4.69) is 5.32 Å². The van der Waals surface area contributed by atoms with Crippen LogP contribution in [0.3, 0.4) is 0 Å². The largest absolute Gasteiger partial charge is 0.341 e. The number of sulfone groups is 1. The third-order valence-corrected chi connectivity index (χ3v) is 5.26. The number of para-hydroxylation sites is 1. The van der Waals surface area contributed by atoms with Gasteiger partial charge in [0.15, 0.2) is 0 Å². The second-order valence-corrected chi connectivity index (χ2v) is 7.83. The van der Waals surface area contributed by atoms with Crippen molar-refractivity contribution in [3.05, 3.63) is 59.7 Å². The van der Waals surface area contributed by atoms with E-state index in [1.165, 1.54) is 18.2 Å². The molecule has 0 spiro atoms. The average Bonchev–Trinajstić information content (AvgIpc) is 2.57. The average molecular weight is 382 g/mol. The molecule has 5 nitrogen and oxygen atoms in total. The van der Waals surface area contributed by atoms with Crippen LogP contribution in [0.2, 0.25) is 0 Å². The summed E-state index contributed by atoms with van der Waals surface area (Å²) < 4.78 is 49.0. The number of hydrogen-bond acceptors (Lipinski definition) is 4. The Bertz CT molecular complexity index is 886. The molecule has 0 saturated carbocycles. The van der Waals surface area contributed by atoms with E-state index in [0.29, 0.717) is 6.54 Å². The van der Waals surface area contributed by atoms with Crippen LogP contribution in [0, 0.1) is 6.92 Å². The van der Waals surface area contributed by atoms with Gasteiger partial charge in [-0.3, -0.25) is 9.69 Å². The lowest BCUT2D eigenvalue weighted by atomic mass is 10.1. The van der Waals surface area contributed by atoms with E-state index in [1.807, 2.05) is 31.2 Å². The summed E-state index contributed by atoms with van der Waals surface area (Å²) in [6.07, 6.45) is 0. The summed E-state index contributed by atoms with van der Waals surface area (Å²) >= 11 is 0. The van der Waals surface area contributed by atoms with Crippen LogP contribution in [0.15, 0.2) is 53.4 Å². The molecule has 2 rings (SSSR count). The molecule has 8 heteroatoms. The van der Waals surface area contributed by atoms with Crippen LogP contribution in [0.4, 0.5) is 14.5 Å². The van der Waals surface area contributed by atoms with E-state index in [0.717, 1.165) is 17.2 Å². The van der Waals surface area contributed by atoms with Gasteiger partial charge in [0.25, 0.3) is 0 Å². The maximum Gasteiger partial charge on any atom is 0.341 e. The van der Waals surface area contributed by atoms with Gasteiger partial charge in [-0.1, -0.05) is 36.4 Å². The quantitative estimate of drug-likeness (QED) is 0.799. The molecule has 0 aliphatic heterocycles. The molecule has 0 aliphatic rings. The van der Waals surface area contributed by atoms with Gasteiger partial charge >= 0.3 is 5.76 Å². The topological polar surface area (TPSA) is 66.5 Å². The normalized spacial score (nSPS) is 11.8. The van der Waals surface area contributed by atoms with Crippen molar-refractivity contribution < 1.29 is 22.0 Å². The number of nitrogens with one attached hydrogen (secondary N) is 1. The van der Waals surface area contributed by atoms with Gasteiger partial charge in [0.05, 0.1) is 17.1 Å². The number of carbonyl (C=O) groups is 1. The highest BCUT2D eigenvalue weighted by Crippen LogP contribution is 2.26. The lowest BCUT2D eigenvalue weighted by molar-refractivity contribution is -0.117. The van der Waals surface area contributed by atoms with E-state index in [-0.39, 0.29) is 12.2 Å². The van der Waals surface area contributed by atoms with Gasteiger partial charge in [-0.15, -0.1) is 0 Å². The number of anilines is 1. The second kappa shape index (κ2) is 8.37. The number of rotatable bonds is 7. The van der Waals surface area contributed by atoms with Crippen LogP contribution in [0.5, 0.6) is 0 Å². The molecule has 140 valence electrons. The predicted molar refractivity (Wildman–Crippen MR) is 95.8 cm³/mol. The molecule has 0 heterocycles. The summed E-state index contributed by atoms with van der Waals surface area (Å²) in [5.74, 6) is -4.04. The Labute approximate surface area is 151 Å². The number of benzene rings is 2. The van der Waals surface area contributed by atoms with Crippen molar-refractivity contribution in [3.63, 3.8) is 0 Å². The maximum absolute atomic E-state index is 12.8. The first kappa shape index (κ1) is 20.0. The van der Waals surface area contributed by atoms with Crippen LogP contribution >= 0.6 is 0 Å². The Balaban J connectivity index is 2.08. The summed E-state index contributed by atoms with van der Waals surface area (Å²) in [7, 11) is -3.05. The highest BCUT2D eigenvalue weighted by atomic mass is 32.2. The SMILES string of the molecule is Cc1ccccc1CN(C)CC(=O)Nc1ccccc1S(=O)(=O)C(F)F. The minimum absolute atomic E-state index is 0.0165. The standard InChI is InChI=1S/C18H20F2N2O3S/c1-13-7-3-4-8-14(13)11-22(2)12-17(23)21-15-9-5-6-10-16(15)26(24,25)18(19)20/h3-10,18H,11-12H2,1-2H3,(H,21,23). The Morgan fingerprint density at radius 2 is 1.73 bits per heavy atom. The fourth-order valence-corrected chi connectivity index (χ4v) is 3.37. The van der Waals surface area contributed by atoms with E-state index in [1.54, 1.807) is 11.9 Å². The van der Waals surface area contributed by atoms with Crippen LogP contribution in [-0.2, 0) is 21.2 Å². The molecule has 1 N–H and O–H groups in total. The predicted octanol–water partition coefficient (Wildman–Crippen LogP) is 3.06. The zero-order chi connectivity index (χ0) is 19.3. The van der Waals surface area contributed by atoms with Crippen LogP contribution < -0.4 is 5.32 Å². The third kappa shape index (κ3) is 4.86. The molecule has 0 radical (unpaired) electrons. The van der Waals surface area contributed by atoms with Crippen molar-refractivity contribution in [2.24, 2.45) is 0 Å². The molecule has 0 bridgehead atoms. The number of alkyl halides is 2. The maximum atomic E-state index is 12.8. The summed E-state index contributed by atoms with van der Waals surface area (Å²) in [4.78, 5) is 13.4. The fraction of sp³-hybridized carbons (Fsp3) is 0.278. The Morgan fingerprint density at radius 3 is 2.38 bits per heavy atom. The lowest BCUT2D eigenvalue weighted by Gasteiger charge is -2.18. The molecule has 0 unspecified atom stereocenters. The summed E-state index contributed by atoms with van der Waals surface area (Å²) in [5.41, 5.74) is 2.00. The van der Waals surface area contributed by atoms with Gasteiger partial charge in [0, 0.05) is 6.54 Å². The number of likely N-dealkylation sites (N-methyl/N-ethyl adjacent to an activating group) is 1. The first-order valence-electron chi connectivity index (χ1n) is 7.86. The van der Waals surface area contributed by atoms with Crippen molar-refractivity contribution >= 4 is 21.4 Å². The number of carbonyl (C=O) groups excluding carboxylic acids is 1. The summed E-state index contributed by atoms with van der Waals surface area (Å²) in [5, 5.41) is 2.41. The monoisotopic (exact) mass is 382 g/mol. The van der Waals surface area contributed by atoms with Crippen molar-refractivity contribution in [2.75, 3.05) is 18.9 Å². The van der Waals surface area contributed by atoms with Gasteiger partial charge in [-0.2, -0.15) is 8.78 Å². The van der Waals surface area contributed by atoms with Gasteiger partial charge in [0.1, 0.15) is 0 Å². The number of hydrogen-bond donors (Lipinski definition) is 1. The molecule has 2 aromatic rings. The first-order valence-corrected chi connectivity index (χ1v) is 9.40. The molecular formula is C18H20F2N2O3S. The summed E-state index contributed by atoms with van der Waals surface area (Å²) in [6, 6.07) is 12.9. The van der Waals surface area contributed by atoms with Crippen molar-refractivity contribution in [3.8, 4) is 0 Å². The number of amides is 1. The smallest absolute Gasteiger partial charge is 0.324 e.